The molecule has 0 aromatic heterocycles. The smallest absolute Gasteiger partial charge is 0.261 e. The minimum absolute atomic E-state index is 0.0244. The zero-order valence-corrected chi connectivity index (χ0v) is 12.4. The number of sulfone groups is 1. The van der Waals surface area contributed by atoms with Crippen LogP contribution in [0, 0.1) is 0 Å². The van der Waals surface area contributed by atoms with Gasteiger partial charge in [-0.2, -0.15) is 0 Å². The van der Waals surface area contributed by atoms with E-state index in [2.05, 4.69) is 5.32 Å². The minimum Gasteiger partial charge on any atom is -0.507 e. The molecule has 0 spiro atoms. The van der Waals surface area contributed by atoms with Crippen LogP contribution in [0.1, 0.15) is 20.7 Å². The monoisotopic (exact) mass is 319 g/mol. The standard InChI is InChI=1S/C15H13NO5S/c1-22(20,21)11-8-6-10(7-9-11)14(18)16-15(19)12-4-2-3-5-13(12)17/h2-9,17H,1H3,(H,16,18,19). The molecule has 0 radical (unpaired) electrons. The first-order valence-electron chi connectivity index (χ1n) is 6.23. The summed E-state index contributed by atoms with van der Waals surface area (Å²) in [5.41, 5.74) is 0.111. The predicted octanol–water partition coefficient (Wildman–Crippen LogP) is 1.37. The van der Waals surface area contributed by atoms with Gasteiger partial charge in [-0.05, 0) is 36.4 Å². The highest BCUT2D eigenvalue weighted by Crippen LogP contribution is 2.15. The Labute approximate surface area is 127 Å². The van der Waals surface area contributed by atoms with Crippen molar-refractivity contribution in [2.75, 3.05) is 6.26 Å². The summed E-state index contributed by atoms with van der Waals surface area (Å²) in [5.74, 6) is -1.66. The van der Waals surface area contributed by atoms with E-state index < -0.39 is 21.7 Å². The molecule has 2 aromatic carbocycles. The molecule has 2 rings (SSSR count). The van der Waals surface area contributed by atoms with Crippen LogP contribution in [0.25, 0.3) is 0 Å². The van der Waals surface area contributed by atoms with Crippen molar-refractivity contribution in [2.45, 2.75) is 4.90 Å². The summed E-state index contributed by atoms with van der Waals surface area (Å²) in [5, 5.41) is 11.7. The number of phenolic OH excluding ortho intramolecular Hbond substituents is 1. The van der Waals surface area contributed by atoms with E-state index in [9.17, 15) is 23.1 Å². The summed E-state index contributed by atoms with van der Waals surface area (Å²) in [6.45, 7) is 0. The number of para-hydroxylation sites is 1. The van der Waals surface area contributed by atoms with Crippen LogP contribution in [-0.2, 0) is 9.84 Å². The highest BCUT2D eigenvalue weighted by Gasteiger charge is 2.15. The van der Waals surface area contributed by atoms with Crippen molar-refractivity contribution >= 4 is 21.7 Å². The molecule has 0 atom stereocenters. The van der Waals surface area contributed by atoms with Gasteiger partial charge in [0.15, 0.2) is 9.84 Å². The molecule has 0 fully saturated rings. The first-order chi connectivity index (χ1) is 10.3. The first-order valence-corrected chi connectivity index (χ1v) is 8.12. The second-order valence-electron chi connectivity index (χ2n) is 4.60. The molecule has 0 aliphatic rings. The molecule has 2 N–H and O–H groups in total. The fourth-order valence-corrected chi connectivity index (χ4v) is 2.39. The molecule has 7 heteroatoms. The lowest BCUT2D eigenvalue weighted by Crippen LogP contribution is -2.30. The normalized spacial score (nSPS) is 11.0. The summed E-state index contributed by atoms with van der Waals surface area (Å²) in [4.78, 5) is 23.9. The molecule has 0 aliphatic carbocycles. The quantitative estimate of drug-likeness (QED) is 0.832. The number of nitrogens with one attached hydrogen (secondary N) is 1. The van der Waals surface area contributed by atoms with Gasteiger partial charge in [-0.25, -0.2) is 8.42 Å². The number of hydrogen-bond acceptors (Lipinski definition) is 5. The SMILES string of the molecule is CS(=O)(=O)c1ccc(C(=O)NC(=O)c2ccccc2O)cc1. The molecule has 2 aromatic rings. The van der Waals surface area contributed by atoms with Gasteiger partial charge >= 0.3 is 0 Å². The Morgan fingerprint density at radius 3 is 2.09 bits per heavy atom. The Morgan fingerprint density at radius 2 is 1.55 bits per heavy atom. The number of carbonyl (C=O) groups excluding carboxylic acids is 2. The second-order valence-corrected chi connectivity index (χ2v) is 6.61. The summed E-state index contributed by atoms with van der Waals surface area (Å²) in [7, 11) is -3.35. The van der Waals surface area contributed by atoms with E-state index in [1.165, 1.54) is 36.4 Å². The summed E-state index contributed by atoms with van der Waals surface area (Å²) in [6.07, 6.45) is 1.06. The van der Waals surface area contributed by atoms with Crippen LogP contribution in [0.15, 0.2) is 53.4 Å². The fraction of sp³-hybridized carbons (Fsp3) is 0.0667. The Bertz CT molecular complexity index is 825. The zero-order valence-electron chi connectivity index (χ0n) is 11.6. The maximum absolute atomic E-state index is 11.9. The fourth-order valence-electron chi connectivity index (χ4n) is 1.76. The maximum atomic E-state index is 11.9. The van der Waals surface area contributed by atoms with E-state index in [4.69, 9.17) is 0 Å². The van der Waals surface area contributed by atoms with E-state index in [1.54, 1.807) is 12.1 Å². The van der Waals surface area contributed by atoms with Gasteiger partial charge in [-0.3, -0.25) is 14.9 Å². The third-order valence-corrected chi connectivity index (χ3v) is 4.05. The molecule has 0 bridgehead atoms. The highest BCUT2D eigenvalue weighted by atomic mass is 32.2. The predicted molar refractivity (Wildman–Crippen MR) is 79.5 cm³/mol. The van der Waals surface area contributed by atoms with E-state index in [-0.39, 0.29) is 21.8 Å². The third-order valence-electron chi connectivity index (χ3n) is 2.92. The van der Waals surface area contributed by atoms with E-state index in [0.717, 1.165) is 6.26 Å². The number of amides is 2. The number of hydrogen-bond donors (Lipinski definition) is 2. The van der Waals surface area contributed by atoms with Crippen molar-refractivity contribution in [1.29, 1.82) is 0 Å². The van der Waals surface area contributed by atoms with Crippen molar-refractivity contribution < 1.29 is 23.1 Å². The van der Waals surface area contributed by atoms with Crippen LogP contribution < -0.4 is 5.32 Å². The van der Waals surface area contributed by atoms with Crippen LogP contribution in [0.3, 0.4) is 0 Å². The van der Waals surface area contributed by atoms with Crippen molar-refractivity contribution in [3.8, 4) is 5.75 Å². The molecule has 0 saturated heterocycles. The van der Waals surface area contributed by atoms with Crippen LogP contribution in [0.5, 0.6) is 5.75 Å². The molecule has 2 amide bonds. The zero-order chi connectivity index (χ0) is 16.3. The second kappa shape index (κ2) is 5.98. The average Bonchev–Trinajstić information content (AvgIpc) is 2.46. The van der Waals surface area contributed by atoms with Crippen molar-refractivity contribution in [3.05, 3.63) is 59.7 Å². The summed E-state index contributed by atoms with van der Waals surface area (Å²) in [6, 6.07) is 11.0. The molecule has 0 heterocycles. The number of benzene rings is 2. The molecular weight excluding hydrogens is 306 g/mol. The Kier molecular flexibility index (Phi) is 4.27. The molecule has 6 nitrogen and oxygen atoms in total. The molecule has 114 valence electrons. The lowest BCUT2D eigenvalue weighted by molar-refractivity contribution is 0.0848. The van der Waals surface area contributed by atoms with Gasteiger partial charge in [0.2, 0.25) is 0 Å². The Morgan fingerprint density at radius 1 is 0.955 bits per heavy atom. The van der Waals surface area contributed by atoms with Crippen molar-refractivity contribution in [2.24, 2.45) is 0 Å². The number of carbonyl (C=O) groups is 2. The van der Waals surface area contributed by atoms with Crippen molar-refractivity contribution in [1.82, 2.24) is 5.32 Å². The van der Waals surface area contributed by atoms with Gasteiger partial charge in [0.05, 0.1) is 10.5 Å². The molecule has 22 heavy (non-hydrogen) atoms. The van der Waals surface area contributed by atoms with Crippen LogP contribution in [0.2, 0.25) is 0 Å². The topological polar surface area (TPSA) is 101 Å². The number of rotatable bonds is 3. The molecule has 0 aliphatic heterocycles. The Hall–Kier alpha value is -2.67. The van der Waals surface area contributed by atoms with E-state index >= 15 is 0 Å². The maximum Gasteiger partial charge on any atom is 0.261 e. The largest absolute Gasteiger partial charge is 0.507 e. The molecule has 0 unspecified atom stereocenters. The van der Waals surface area contributed by atoms with Crippen LogP contribution in [-0.4, -0.2) is 31.6 Å². The number of aromatic hydroxyl groups is 1. The lowest BCUT2D eigenvalue weighted by Gasteiger charge is -2.06. The number of imide groups is 1. The summed E-state index contributed by atoms with van der Waals surface area (Å²) >= 11 is 0. The third kappa shape index (κ3) is 3.50. The average molecular weight is 319 g/mol. The van der Waals surface area contributed by atoms with Gasteiger partial charge in [-0.15, -0.1) is 0 Å². The van der Waals surface area contributed by atoms with Gasteiger partial charge < -0.3 is 5.11 Å². The van der Waals surface area contributed by atoms with Crippen LogP contribution in [0.4, 0.5) is 0 Å². The summed E-state index contributed by atoms with van der Waals surface area (Å²) < 4.78 is 22.7. The number of phenols is 1. The van der Waals surface area contributed by atoms with E-state index in [0.29, 0.717) is 0 Å². The minimum atomic E-state index is -3.35. The molecule has 0 saturated carbocycles. The first kappa shape index (κ1) is 15.7. The molecular formula is C15H13NO5S. The van der Waals surface area contributed by atoms with Gasteiger partial charge in [0, 0.05) is 11.8 Å². The lowest BCUT2D eigenvalue weighted by atomic mass is 10.1. The van der Waals surface area contributed by atoms with Crippen molar-refractivity contribution in [3.63, 3.8) is 0 Å². The van der Waals surface area contributed by atoms with Gasteiger partial charge in [0.25, 0.3) is 11.8 Å². The highest BCUT2D eigenvalue weighted by molar-refractivity contribution is 7.90. The van der Waals surface area contributed by atoms with Crippen LogP contribution >= 0.6 is 0 Å². The van der Waals surface area contributed by atoms with E-state index in [1.807, 2.05) is 0 Å². The Balaban J connectivity index is 2.16. The van der Waals surface area contributed by atoms with Gasteiger partial charge in [0.1, 0.15) is 5.75 Å². The van der Waals surface area contributed by atoms with Gasteiger partial charge in [-0.1, -0.05) is 12.1 Å².